The molecule has 1 rings (SSSR count). The molecule has 0 aliphatic rings. The highest BCUT2D eigenvalue weighted by molar-refractivity contribution is 5.87. The Morgan fingerprint density at radius 2 is 1.79 bits per heavy atom. The highest BCUT2D eigenvalue weighted by atomic mass is 16.4. The number of carboxylic acids is 1. The van der Waals surface area contributed by atoms with Gasteiger partial charge in [-0.25, -0.2) is 4.79 Å². The molecule has 0 atom stereocenters. The zero-order valence-corrected chi connectivity index (χ0v) is 7.64. The smallest absolute Gasteiger partial charge is 0.335 e. The molecule has 0 spiro atoms. The Hall–Kier alpha value is -1.59. The number of aromatic carboxylic acids is 1. The molecule has 0 saturated heterocycles. The van der Waals surface area contributed by atoms with Crippen molar-refractivity contribution in [2.75, 3.05) is 13.2 Å². The summed E-state index contributed by atoms with van der Waals surface area (Å²) in [5.74, 6) is -1.19. The van der Waals surface area contributed by atoms with Crippen LogP contribution in [-0.4, -0.2) is 29.3 Å². The van der Waals surface area contributed by atoms with Crippen molar-refractivity contribution >= 4 is 5.97 Å². The molecule has 0 fully saturated rings. The first kappa shape index (κ1) is 12.4. The second kappa shape index (κ2) is 6.88. The molecule has 0 aliphatic carbocycles. The Kier molecular flexibility index (Phi) is 6.09. The lowest BCUT2D eigenvalue weighted by molar-refractivity contribution is -0.372. The van der Waals surface area contributed by atoms with E-state index in [1.165, 1.54) is 24.3 Å². The minimum Gasteiger partial charge on any atom is -0.872 e. The predicted molar refractivity (Wildman–Crippen MR) is 47.7 cm³/mol. The van der Waals surface area contributed by atoms with Crippen molar-refractivity contribution < 1.29 is 25.8 Å². The van der Waals surface area contributed by atoms with Gasteiger partial charge in [0.2, 0.25) is 0 Å². The summed E-state index contributed by atoms with van der Waals surface area (Å²) in [5, 5.41) is 26.6. The van der Waals surface area contributed by atoms with E-state index in [-0.39, 0.29) is 17.9 Å². The molecule has 1 aromatic rings. The van der Waals surface area contributed by atoms with E-state index in [1.807, 2.05) is 0 Å². The number of aliphatic hydroxyl groups is 1. The average molecular weight is 199 g/mol. The molecule has 1 aromatic carbocycles. The van der Waals surface area contributed by atoms with Crippen LogP contribution in [0.15, 0.2) is 24.3 Å². The van der Waals surface area contributed by atoms with Crippen LogP contribution in [-0.2, 0) is 0 Å². The Bertz CT molecular complexity index is 269. The molecule has 14 heavy (non-hydrogen) atoms. The first-order chi connectivity index (χ1) is 6.61. The topological polar surface area (TPSA) is 108 Å². The average Bonchev–Trinajstić information content (AvgIpc) is 2.19. The highest BCUT2D eigenvalue weighted by Crippen LogP contribution is 2.05. The second-order valence-electron chi connectivity index (χ2n) is 2.41. The van der Waals surface area contributed by atoms with Gasteiger partial charge >= 0.3 is 5.97 Å². The van der Waals surface area contributed by atoms with Gasteiger partial charge < -0.3 is 21.1 Å². The fourth-order valence-electron chi connectivity index (χ4n) is 0.598. The third-order valence-corrected chi connectivity index (χ3v) is 1.26. The summed E-state index contributed by atoms with van der Waals surface area (Å²) in [6.07, 6.45) is 0. The number of rotatable bonds is 2. The third kappa shape index (κ3) is 5.13. The molecule has 5 N–H and O–H groups in total. The number of aliphatic hydroxyl groups excluding tert-OH is 1. The minimum absolute atomic E-state index is 0.139. The molecule has 0 unspecified atom stereocenters. The van der Waals surface area contributed by atoms with E-state index in [0.29, 0.717) is 6.54 Å². The van der Waals surface area contributed by atoms with Crippen molar-refractivity contribution in [3.05, 3.63) is 29.8 Å². The van der Waals surface area contributed by atoms with Crippen molar-refractivity contribution in [2.45, 2.75) is 0 Å². The molecule has 0 bridgehead atoms. The molecule has 0 aromatic heterocycles. The van der Waals surface area contributed by atoms with Crippen LogP contribution in [0, 0.1) is 0 Å². The van der Waals surface area contributed by atoms with Crippen molar-refractivity contribution in [1.29, 1.82) is 0 Å². The van der Waals surface area contributed by atoms with Crippen molar-refractivity contribution in [2.24, 2.45) is 0 Å². The van der Waals surface area contributed by atoms with Gasteiger partial charge in [-0.2, -0.15) is 0 Å². The van der Waals surface area contributed by atoms with Gasteiger partial charge in [-0.3, -0.25) is 0 Å². The summed E-state index contributed by atoms with van der Waals surface area (Å²) in [7, 11) is 0. The fraction of sp³-hybridized carbons (Fsp3) is 0.222. The van der Waals surface area contributed by atoms with E-state index in [4.69, 9.17) is 10.2 Å². The predicted octanol–water partition coefficient (Wildman–Crippen LogP) is -1.32. The summed E-state index contributed by atoms with van der Waals surface area (Å²) in [6.45, 7) is 0.833. The quantitative estimate of drug-likeness (QED) is 0.548. The van der Waals surface area contributed by atoms with E-state index in [2.05, 4.69) is 5.73 Å². The molecule has 78 valence electrons. The van der Waals surface area contributed by atoms with Crippen molar-refractivity contribution in [3.8, 4) is 5.75 Å². The molecule has 5 heteroatoms. The van der Waals surface area contributed by atoms with Crippen LogP contribution in [0.3, 0.4) is 0 Å². The Morgan fingerprint density at radius 3 is 2.07 bits per heavy atom. The molecule has 0 amide bonds. The third-order valence-electron chi connectivity index (χ3n) is 1.26. The molecule has 0 radical (unpaired) electrons. The van der Waals surface area contributed by atoms with E-state index < -0.39 is 5.97 Å². The van der Waals surface area contributed by atoms with Gasteiger partial charge in [-0.1, -0.05) is 12.1 Å². The maximum absolute atomic E-state index is 10.5. The number of quaternary nitrogens is 1. The van der Waals surface area contributed by atoms with E-state index in [1.54, 1.807) is 0 Å². The van der Waals surface area contributed by atoms with E-state index in [9.17, 15) is 9.90 Å². The maximum atomic E-state index is 10.5. The summed E-state index contributed by atoms with van der Waals surface area (Å²) < 4.78 is 0. The number of carbonyl (C=O) groups is 1. The van der Waals surface area contributed by atoms with Crippen LogP contribution in [0.25, 0.3) is 0 Å². The van der Waals surface area contributed by atoms with Crippen LogP contribution in [0.5, 0.6) is 5.75 Å². The molecule has 0 heterocycles. The van der Waals surface area contributed by atoms with Crippen LogP contribution in [0.4, 0.5) is 0 Å². The number of hydrogen-bond donors (Lipinski definition) is 3. The molecule has 0 saturated carbocycles. The lowest BCUT2D eigenvalue weighted by Crippen LogP contribution is -2.51. The number of hydrogen-bond acceptors (Lipinski definition) is 3. The Balaban J connectivity index is 0.000000364. The van der Waals surface area contributed by atoms with Gasteiger partial charge in [0.15, 0.2) is 0 Å². The fourth-order valence-corrected chi connectivity index (χ4v) is 0.598. The highest BCUT2D eigenvalue weighted by Gasteiger charge is 1.97. The standard InChI is InChI=1S/C7H6O3.C2H7NO/c8-6-3-1-5(2-4-6)7(9)10;3-1-2-4/h1-4,8H,(H,9,10);4H,1-3H2. The first-order valence-corrected chi connectivity index (χ1v) is 4.02. The van der Waals surface area contributed by atoms with Gasteiger partial charge in [-0.05, 0) is 12.1 Å². The Labute approximate surface area is 81.4 Å². The maximum Gasteiger partial charge on any atom is 0.335 e. The zero-order chi connectivity index (χ0) is 11.0. The van der Waals surface area contributed by atoms with Crippen LogP contribution in [0.1, 0.15) is 10.4 Å². The van der Waals surface area contributed by atoms with Gasteiger partial charge in [0.1, 0.15) is 0 Å². The van der Waals surface area contributed by atoms with Crippen molar-refractivity contribution in [1.82, 2.24) is 0 Å². The first-order valence-electron chi connectivity index (χ1n) is 4.02. The molecular formula is C9H13NO4. The summed E-state index contributed by atoms with van der Waals surface area (Å²) in [4.78, 5) is 10.2. The van der Waals surface area contributed by atoms with Crippen LogP contribution < -0.4 is 10.8 Å². The molecular weight excluding hydrogens is 186 g/mol. The monoisotopic (exact) mass is 199 g/mol. The SMILES string of the molecule is O=C(O)c1ccc([O-])cc1.[NH3+]CCO. The normalized spacial score (nSPS) is 8.71. The zero-order valence-electron chi connectivity index (χ0n) is 7.64. The van der Waals surface area contributed by atoms with Crippen LogP contribution >= 0.6 is 0 Å². The Morgan fingerprint density at radius 1 is 1.36 bits per heavy atom. The van der Waals surface area contributed by atoms with Gasteiger partial charge in [0.05, 0.1) is 18.7 Å². The number of carboxylic acid groups (broad SMARTS) is 1. The lowest BCUT2D eigenvalue weighted by atomic mass is 10.2. The second-order valence-corrected chi connectivity index (χ2v) is 2.41. The van der Waals surface area contributed by atoms with Gasteiger partial charge in [0.25, 0.3) is 0 Å². The van der Waals surface area contributed by atoms with Crippen LogP contribution in [0.2, 0.25) is 0 Å². The van der Waals surface area contributed by atoms with Crippen molar-refractivity contribution in [3.63, 3.8) is 0 Å². The van der Waals surface area contributed by atoms with E-state index >= 15 is 0 Å². The summed E-state index contributed by atoms with van der Waals surface area (Å²) >= 11 is 0. The summed E-state index contributed by atoms with van der Waals surface area (Å²) in [5.41, 5.74) is 3.49. The molecule has 5 nitrogen and oxygen atoms in total. The number of benzene rings is 1. The van der Waals surface area contributed by atoms with Gasteiger partial charge in [-0.15, -0.1) is 5.75 Å². The molecule has 0 aliphatic heterocycles. The summed E-state index contributed by atoms with van der Waals surface area (Å²) in [6, 6.07) is 5.02. The van der Waals surface area contributed by atoms with Gasteiger partial charge in [0, 0.05) is 0 Å². The largest absolute Gasteiger partial charge is 0.872 e. The van der Waals surface area contributed by atoms with E-state index in [0.717, 1.165) is 0 Å². The minimum atomic E-state index is -1.01. The lowest BCUT2D eigenvalue weighted by Gasteiger charge is -2.02.